The summed E-state index contributed by atoms with van der Waals surface area (Å²) in [4.78, 5) is 31.0. The van der Waals surface area contributed by atoms with Crippen LogP contribution in [0.5, 0.6) is 11.5 Å². The first kappa shape index (κ1) is 21.7. The lowest BCUT2D eigenvalue weighted by Gasteiger charge is -2.34. The van der Waals surface area contributed by atoms with Crippen LogP contribution in [0.3, 0.4) is 0 Å². The Morgan fingerprint density at radius 2 is 1.84 bits per heavy atom. The number of carbonyl (C=O) groups is 1. The number of rotatable bonds is 6. The monoisotopic (exact) mass is 435 g/mol. The van der Waals surface area contributed by atoms with Gasteiger partial charge in [-0.15, -0.1) is 0 Å². The van der Waals surface area contributed by atoms with Gasteiger partial charge in [0.15, 0.2) is 0 Å². The molecule has 1 saturated carbocycles. The minimum atomic E-state index is -0.226. The van der Waals surface area contributed by atoms with Gasteiger partial charge >= 0.3 is 6.03 Å². The summed E-state index contributed by atoms with van der Waals surface area (Å²) < 4.78 is 10.6. The molecule has 0 spiro atoms. The van der Waals surface area contributed by atoms with Crippen LogP contribution in [0.1, 0.15) is 37.7 Å². The number of carbonyl (C=O) groups excluding carboxylic acids is 1. The number of anilines is 1. The predicted molar refractivity (Wildman–Crippen MR) is 126 cm³/mol. The summed E-state index contributed by atoms with van der Waals surface area (Å²) >= 11 is 0. The third-order valence-electron chi connectivity index (χ3n) is 6.10. The molecule has 7 heteroatoms. The van der Waals surface area contributed by atoms with Gasteiger partial charge in [-0.25, -0.2) is 4.79 Å². The maximum Gasteiger partial charge on any atom is 0.322 e. The molecule has 1 aromatic heterocycles. The van der Waals surface area contributed by atoms with Crippen molar-refractivity contribution in [2.75, 3.05) is 19.5 Å². The maximum atomic E-state index is 13.4. The molecule has 4 rings (SSSR count). The zero-order valence-electron chi connectivity index (χ0n) is 18.5. The van der Waals surface area contributed by atoms with Crippen molar-refractivity contribution in [3.8, 4) is 11.5 Å². The number of aromatic nitrogens is 1. The Balaban J connectivity index is 1.64. The minimum absolute atomic E-state index is 0.0874. The number of ether oxygens (including phenoxy) is 2. The van der Waals surface area contributed by atoms with Crippen LogP contribution in [0.25, 0.3) is 10.9 Å². The van der Waals surface area contributed by atoms with Crippen LogP contribution >= 0.6 is 0 Å². The largest absolute Gasteiger partial charge is 0.497 e. The van der Waals surface area contributed by atoms with Crippen molar-refractivity contribution in [3.63, 3.8) is 0 Å². The molecule has 1 aliphatic carbocycles. The third-order valence-corrected chi connectivity index (χ3v) is 6.10. The standard InChI is InChI=1S/C25H29N3O4/c1-31-20-13-12-17-14-18(24(29)26-22(17)15-20)16-28(19-8-4-3-5-9-19)25(30)27-21-10-6-7-11-23(21)32-2/h6-7,10-15,19H,3-5,8-9,16H2,1-2H3,(H,26,29)(H,27,30). The molecule has 2 aromatic carbocycles. The lowest BCUT2D eigenvalue weighted by atomic mass is 9.94. The SMILES string of the molecule is COc1ccc2cc(CN(C(=O)Nc3ccccc3OC)C3CCCCC3)c(=O)[nH]c2c1. The Kier molecular flexibility index (Phi) is 6.63. The van der Waals surface area contributed by atoms with Crippen molar-refractivity contribution in [1.29, 1.82) is 0 Å². The number of benzene rings is 2. The van der Waals surface area contributed by atoms with Crippen LogP contribution in [0.15, 0.2) is 53.3 Å². The molecule has 1 aliphatic rings. The van der Waals surface area contributed by atoms with E-state index < -0.39 is 0 Å². The van der Waals surface area contributed by atoms with Crippen molar-refractivity contribution in [2.45, 2.75) is 44.7 Å². The average molecular weight is 436 g/mol. The normalized spacial score (nSPS) is 14.2. The number of methoxy groups -OCH3 is 2. The maximum absolute atomic E-state index is 13.4. The fourth-order valence-corrected chi connectivity index (χ4v) is 4.35. The highest BCUT2D eigenvalue weighted by atomic mass is 16.5. The highest BCUT2D eigenvalue weighted by Crippen LogP contribution is 2.28. The number of nitrogens with one attached hydrogen (secondary N) is 2. The smallest absolute Gasteiger partial charge is 0.322 e. The minimum Gasteiger partial charge on any atom is -0.497 e. The van der Waals surface area contributed by atoms with E-state index in [1.54, 1.807) is 25.2 Å². The Labute approximate surface area is 187 Å². The van der Waals surface area contributed by atoms with Gasteiger partial charge in [-0.2, -0.15) is 0 Å². The number of urea groups is 1. The Morgan fingerprint density at radius 3 is 2.59 bits per heavy atom. The first-order chi connectivity index (χ1) is 15.6. The van der Waals surface area contributed by atoms with E-state index in [0.717, 1.165) is 31.1 Å². The fourth-order valence-electron chi connectivity index (χ4n) is 4.35. The highest BCUT2D eigenvalue weighted by molar-refractivity contribution is 5.91. The fraction of sp³-hybridized carbons (Fsp3) is 0.360. The summed E-state index contributed by atoms with van der Waals surface area (Å²) in [5.41, 5.74) is 1.68. The summed E-state index contributed by atoms with van der Waals surface area (Å²) in [6.07, 6.45) is 5.20. The summed E-state index contributed by atoms with van der Waals surface area (Å²) in [6.45, 7) is 0.239. The summed E-state index contributed by atoms with van der Waals surface area (Å²) in [6, 6.07) is 14.6. The molecule has 3 aromatic rings. The number of aromatic amines is 1. The lowest BCUT2D eigenvalue weighted by Crippen LogP contribution is -2.44. The van der Waals surface area contributed by atoms with Crippen LogP contribution in [-0.4, -0.2) is 36.2 Å². The summed E-state index contributed by atoms with van der Waals surface area (Å²) in [5, 5.41) is 3.88. The number of hydrogen-bond acceptors (Lipinski definition) is 4. The molecule has 2 N–H and O–H groups in total. The molecule has 32 heavy (non-hydrogen) atoms. The van der Waals surface area contributed by atoms with Crippen LogP contribution in [0.4, 0.5) is 10.5 Å². The van der Waals surface area contributed by atoms with E-state index in [9.17, 15) is 9.59 Å². The van der Waals surface area contributed by atoms with Gasteiger partial charge < -0.3 is 24.7 Å². The number of pyridine rings is 1. The van der Waals surface area contributed by atoms with E-state index in [4.69, 9.17) is 9.47 Å². The van der Waals surface area contributed by atoms with Crippen LogP contribution in [0, 0.1) is 0 Å². The third kappa shape index (κ3) is 4.72. The van der Waals surface area contributed by atoms with Crippen molar-refractivity contribution in [1.82, 2.24) is 9.88 Å². The van der Waals surface area contributed by atoms with Crippen LogP contribution in [0.2, 0.25) is 0 Å². The zero-order chi connectivity index (χ0) is 22.5. The van der Waals surface area contributed by atoms with Crippen molar-refractivity contribution >= 4 is 22.6 Å². The average Bonchev–Trinajstić information content (AvgIpc) is 2.83. The van der Waals surface area contributed by atoms with Gasteiger partial charge in [-0.05, 0) is 48.6 Å². The second-order valence-electron chi connectivity index (χ2n) is 8.13. The van der Waals surface area contributed by atoms with Gasteiger partial charge in [-0.3, -0.25) is 4.79 Å². The molecule has 168 valence electrons. The van der Waals surface area contributed by atoms with Gasteiger partial charge in [0.1, 0.15) is 11.5 Å². The number of para-hydroxylation sites is 2. The molecule has 1 fully saturated rings. The number of amides is 2. The van der Waals surface area contributed by atoms with Gasteiger partial charge in [0, 0.05) is 17.7 Å². The van der Waals surface area contributed by atoms with Crippen LogP contribution in [-0.2, 0) is 6.54 Å². The highest BCUT2D eigenvalue weighted by Gasteiger charge is 2.27. The lowest BCUT2D eigenvalue weighted by molar-refractivity contribution is 0.162. The predicted octanol–water partition coefficient (Wildman–Crippen LogP) is 4.91. The molecule has 0 radical (unpaired) electrons. The van der Waals surface area contributed by atoms with E-state index in [-0.39, 0.29) is 24.2 Å². The number of nitrogens with zero attached hydrogens (tertiary/aromatic N) is 1. The van der Waals surface area contributed by atoms with E-state index in [0.29, 0.717) is 28.3 Å². The molecule has 1 heterocycles. The number of fused-ring (bicyclic) bond motifs is 1. The second-order valence-corrected chi connectivity index (χ2v) is 8.13. The van der Waals surface area contributed by atoms with Crippen molar-refractivity contribution in [2.24, 2.45) is 0 Å². The molecule has 0 aliphatic heterocycles. The summed E-state index contributed by atoms with van der Waals surface area (Å²) in [5.74, 6) is 1.28. The number of H-pyrrole nitrogens is 1. The Hall–Kier alpha value is -3.48. The van der Waals surface area contributed by atoms with Gasteiger partial charge in [-0.1, -0.05) is 31.4 Å². The van der Waals surface area contributed by atoms with Crippen molar-refractivity contribution in [3.05, 3.63) is 64.4 Å². The molecule has 0 unspecified atom stereocenters. The molecule has 7 nitrogen and oxygen atoms in total. The number of hydrogen-bond donors (Lipinski definition) is 2. The molecule has 0 atom stereocenters. The molecule has 0 bridgehead atoms. The van der Waals surface area contributed by atoms with E-state index in [1.165, 1.54) is 6.42 Å². The van der Waals surface area contributed by atoms with E-state index in [2.05, 4.69) is 10.3 Å². The van der Waals surface area contributed by atoms with Gasteiger partial charge in [0.2, 0.25) is 0 Å². The van der Waals surface area contributed by atoms with E-state index in [1.807, 2.05) is 42.5 Å². The Bertz CT molecular complexity index is 1150. The van der Waals surface area contributed by atoms with Gasteiger partial charge in [0.25, 0.3) is 5.56 Å². The van der Waals surface area contributed by atoms with Crippen molar-refractivity contribution < 1.29 is 14.3 Å². The van der Waals surface area contributed by atoms with E-state index >= 15 is 0 Å². The first-order valence-electron chi connectivity index (χ1n) is 11.0. The summed E-state index contributed by atoms with van der Waals surface area (Å²) in [7, 11) is 3.17. The second kappa shape index (κ2) is 9.77. The Morgan fingerprint density at radius 1 is 1.06 bits per heavy atom. The molecule has 2 amide bonds. The first-order valence-corrected chi connectivity index (χ1v) is 11.0. The quantitative estimate of drug-likeness (QED) is 0.576. The molecular formula is C25H29N3O4. The molecular weight excluding hydrogens is 406 g/mol. The molecule has 0 saturated heterocycles. The zero-order valence-corrected chi connectivity index (χ0v) is 18.5. The van der Waals surface area contributed by atoms with Gasteiger partial charge in [0.05, 0.1) is 32.0 Å². The topological polar surface area (TPSA) is 83.7 Å². The van der Waals surface area contributed by atoms with Crippen LogP contribution < -0.4 is 20.3 Å².